The van der Waals surface area contributed by atoms with Crippen LogP contribution in [0.1, 0.15) is 41.4 Å². The Kier molecular flexibility index (Phi) is 6.21. The number of carbonyl (C=O) groups is 4. The van der Waals surface area contributed by atoms with Crippen molar-refractivity contribution in [3.05, 3.63) is 89.2 Å². The summed E-state index contributed by atoms with van der Waals surface area (Å²) in [5, 5.41) is 37.5. The summed E-state index contributed by atoms with van der Waals surface area (Å²) in [5.41, 5.74) is 0.577. The summed E-state index contributed by atoms with van der Waals surface area (Å²) in [6.45, 7) is 0. The van der Waals surface area contributed by atoms with E-state index in [0.717, 1.165) is 6.07 Å². The Hall–Kier alpha value is -5.45. The van der Waals surface area contributed by atoms with Crippen molar-refractivity contribution in [2.45, 2.75) is 0 Å². The number of hydrogen-bond acceptors (Lipinski definition) is 7. The summed E-state index contributed by atoms with van der Waals surface area (Å²) in [5.74, 6) is -5.20. The van der Waals surface area contributed by atoms with Gasteiger partial charge in [0.1, 0.15) is 0 Å². The Morgan fingerprint density at radius 3 is 1.44 bits per heavy atom. The predicted octanol–water partition coefficient (Wildman–Crippen LogP) is 3.67. The fourth-order valence-electron chi connectivity index (χ4n) is 3.45. The highest BCUT2D eigenvalue weighted by Gasteiger charge is 2.19. The molecule has 0 atom stereocenters. The molecule has 178 valence electrons. The van der Waals surface area contributed by atoms with Crippen molar-refractivity contribution >= 4 is 23.9 Å². The average molecular weight is 485 g/mol. The fourth-order valence-corrected chi connectivity index (χ4v) is 3.45. The van der Waals surface area contributed by atoms with E-state index in [0.29, 0.717) is 11.1 Å². The largest absolute Gasteiger partial charge is 0.478 e. The SMILES string of the molecule is O=C(O)c1ccnc(-c2cc(-c3ccc(C(=O)O)c(C(=O)O)c3)cc(-c3cc(C(=O)O)ccn3)n2)c1. The molecule has 3 aromatic heterocycles. The van der Waals surface area contributed by atoms with Crippen LogP contribution in [0.3, 0.4) is 0 Å². The molecule has 0 radical (unpaired) electrons. The third-order valence-electron chi connectivity index (χ3n) is 5.18. The zero-order chi connectivity index (χ0) is 26.0. The summed E-state index contributed by atoms with van der Waals surface area (Å²) in [4.78, 5) is 58.8. The normalized spacial score (nSPS) is 10.6. The Balaban J connectivity index is 1.96. The number of nitrogens with zero attached hydrogens (tertiary/aromatic N) is 3. The first-order chi connectivity index (χ1) is 17.1. The zero-order valence-corrected chi connectivity index (χ0v) is 18.1. The molecule has 1 aromatic carbocycles. The van der Waals surface area contributed by atoms with Gasteiger partial charge in [-0.3, -0.25) is 9.97 Å². The van der Waals surface area contributed by atoms with E-state index >= 15 is 0 Å². The number of hydrogen-bond donors (Lipinski definition) is 4. The molecule has 0 unspecified atom stereocenters. The van der Waals surface area contributed by atoms with Crippen LogP contribution >= 0.6 is 0 Å². The first-order valence-corrected chi connectivity index (χ1v) is 10.2. The topological polar surface area (TPSA) is 188 Å². The lowest BCUT2D eigenvalue weighted by atomic mass is 9.97. The highest BCUT2D eigenvalue weighted by molar-refractivity contribution is 6.03. The summed E-state index contributed by atoms with van der Waals surface area (Å²) in [6, 6.07) is 12.0. The maximum absolute atomic E-state index is 11.7. The molecule has 3 heterocycles. The zero-order valence-electron chi connectivity index (χ0n) is 18.1. The molecule has 4 rings (SSSR count). The third kappa shape index (κ3) is 4.75. The summed E-state index contributed by atoms with van der Waals surface area (Å²) in [7, 11) is 0. The van der Waals surface area contributed by atoms with Crippen molar-refractivity contribution in [3.8, 4) is 33.9 Å². The first-order valence-electron chi connectivity index (χ1n) is 10.2. The van der Waals surface area contributed by atoms with E-state index in [-0.39, 0.29) is 33.9 Å². The number of aromatic carboxylic acids is 4. The Morgan fingerprint density at radius 1 is 0.500 bits per heavy atom. The van der Waals surface area contributed by atoms with Gasteiger partial charge in [-0.05, 0) is 59.7 Å². The number of pyridine rings is 3. The maximum atomic E-state index is 11.7. The van der Waals surface area contributed by atoms with Gasteiger partial charge in [-0.1, -0.05) is 6.07 Å². The molecular formula is C25H15N3O8. The molecule has 0 aliphatic heterocycles. The van der Waals surface area contributed by atoms with Gasteiger partial charge in [0.05, 0.1) is 45.0 Å². The van der Waals surface area contributed by atoms with Gasteiger partial charge in [0, 0.05) is 12.4 Å². The molecule has 0 aliphatic carbocycles. The molecule has 0 saturated carbocycles. The number of rotatable bonds is 7. The van der Waals surface area contributed by atoms with Crippen LogP contribution in [0.25, 0.3) is 33.9 Å². The van der Waals surface area contributed by atoms with Gasteiger partial charge in [-0.15, -0.1) is 0 Å². The Morgan fingerprint density at radius 2 is 1.00 bits per heavy atom. The molecule has 11 nitrogen and oxygen atoms in total. The third-order valence-corrected chi connectivity index (χ3v) is 5.18. The van der Waals surface area contributed by atoms with Crippen LogP contribution in [0.4, 0.5) is 0 Å². The van der Waals surface area contributed by atoms with Gasteiger partial charge in [0.15, 0.2) is 0 Å². The number of carboxylic acids is 4. The Labute approximate surface area is 202 Å². The highest BCUT2D eigenvalue weighted by Crippen LogP contribution is 2.31. The van der Waals surface area contributed by atoms with E-state index in [4.69, 9.17) is 0 Å². The standard InChI is InChI=1S/C25H15N3O8/c29-22(30)13-3-5-26-18(8-13)20-10-15(12-1-2-16(24(33)34)17(7-12)25(35)36)11-21(28-20)19-9-14(23(31)32)4-6-27-19/h1-11H,(H,29,30)(H,31,32)(H,33,34)(H,35,36). The number of carboxylic acid groups (broad SMARTS) is 4. The number of benzene rings is 1. The average Bonchev–Trinajstić information content (AvgIpc) is 2.88. The minimum absolute atomic E-state index is 0.0428. The molecule has 11 heteroatoms. The van der Waals surface area contributed by atoms with Crippen molar-refractivity contribution < 1.29 is 39.6 Å². The van der Waals surface area contributed by atoms with Crippen LogP contribution in [0.2, 0.25) is 0 Å². The van der Waals surface area contributed by atoms with Gasteiger partial charge in [-0.2, -0.15) is 0 Å². The van der Waals surface area contributed by atoms with Crippen molar-refractivity contribution in [3.63, 3.8) is 0 Å². The molecule has 0 bridgehead atoms. The van der Waals surface area contributed by atoms with Gasteiger partial charge in [-0.25, -0.2) is 24.2 Å². The van der Waals surface area contributed by atoms with E-state index in [9.17, 15) is 39.6 Å². The van der Waals surface area contributed by atoms with Gasteiger partial charge in [0.25, 0.3) is 0 Å². The van der Waals surface area contributed by atoms with E-state index < -0.39 is 35.0 Å². The maximum Gasteiger partial charge on any atom is 0.336 e. The summed E-state index contributed by atoms with van der Waals surface area (Å²) >= 11 is 0. The van der Waals surface area contributed by atoms with Crippen molar-refractivity contribution in [2.24, 2.45) is 0 Å². The predicted molar refractivity (Wildman–Crippen MR) is 124 cm³/mol. The van der Waals surface area contributed by atoms with E-state index in [1.165, 1.54) is 60.9 Å². The Bertz CT molecular complexity index is 1490. The van der Waals surface area contributed by atoms with Gasteiger partial charge >= 0.3 is 23.9 Å². The van der Waals surface area contributed by atoms with Crippen molar-refractivity contribution in [1.82, 2.24) is 15.0 Å². The van der Waals surface area contributed by atoms with Crippen LogP contribution in [0.15, 0.2) is 67.0 Å². The summed E-state index contributed by atoms with van der Waals surface area (Å²) in [6.07, 6.45) is 2.58. The van der Waals surface area contributed by atoms with E-state index in [1.807, 2.05) is 0 Å². The van der Waals surface area contributed by atoms with Gasteiger partial charge < -0.3 is 20.4 Å². The minimum Gasteiger partial charge on any atom is -0.478 e. The summed E-state index contributed by atoms with van der Waals surface area (Å²) < 4.78 is 0. The van der Waals surface area contributed by atoms with Crippen LogP contribution in [-0.4, -0.2) is 59.3 Å². The van der Waals surface area contributed by atoms with Gasteiger partial charge in [0.2, 0.25) is 0 Å². The quantitative estimate of drug-likeness (QED) is 0.299. The molecule has 36 heavy (non-hydrogen) atoms. The van der Waals surface area contributed by atoms with Crippen LogP contribution < -0.4 is 0 Å². The molecule has 0 fully saturated rings. The van der Waals surface area contributed by atoms with Crippen LogP contribution in [0.5, 0.6) is 0 Å². The monoisotopic (exact) mass is 485 g/mol. The van der Waals surface area contributed by atoms with Crippen molar-refractivity contribution in [1.29, 1.82) is 0 Å². The lowest BCUT2D eigenvalue weighted by Gasteiger charge is -2.11. The molecular weight excluding hydrogens is 470 g/mol. The minimum atomic E-state index is -1.43. The highest BCUT2D eigenvalue weighted by atomic mass is 16.4. The van der Waals surface area contributed by atoms with E-state index in [1.54, 1.807) is 0 Å². The van der Waals surface area contributed by atoms with Crippen LogP contribution in [0, 0.1) is 0 Å². The lowest BCUT2D eigenvalue weighted by Crippen LogP contribution is -2.08. The molecule has 4 aromatic rings. The second kappa shape index (κ2) is 9.43. The molecule has 0 saturated heterocycles. The second-order valence-electron chi connectivity index (χ2n) is 7.47. The molecule has 0 amide bonds. The van der Waals surface area contributed by atoms with E-state index in [2.05, 4.69) is 15.0 Å². The van der Waals surface area contributed by atoms with Crippen LogP contribution in [-0.2, 0) is 0 Å². The smallest absolute Gasteiger partial charge is 0.336 e. The lowest BCUT2D eigenvalue weighted by molar-refractivity contribution is 0.0651. The molecule has 0 aliphatic rings. The molecule has 0 spiro atoms. The number of aromatic nitrogens is 3. The van der Waals surface area contributed by atoms with Crippen molar-refractivity contribution in [2.75, 3.05) is 0 Å². The molecule has 4 N–H and O–H groups in total. The first kappa shape index (κ1) is 23.7. The fraction of sp³-hybridized carbons (Fsp3) is 0. The second-order valence-corrected chi connectivity index (χ2v) is 7.47.